The van der Waals surface area contributed by atoms with E-state index in [0.29, 0.717) is 5.02 Å². The number of aliphatic hydroxyl groups excluding tert-OH is 1. The zero-order valence-corrected chi connectivity index (χ0v) is 21.4. The van der Waals surface area contributed by atoms with Crippen LogP contribution in [-0.4, -0.2) is 63.3 Å². The van der Waals surface area contributed by atoms with Gasteiger partial charge in [-0.1, -0.05) is 11.6 Å². The van der Waals surface area contributed by atoms with E-state index in [1.807, 2.05) is 0 Å². The first-order valence-electron chi connectivity index (χ1n) is 10.3. The van der Waals surface area contributed by atoms with Crippen molar-refractivity contribution in [1.29, 1.82) is 0 Å². The van der Waals surface area contributed by atoms with Crippen LogP contribution in [0.15, 0.2) is 41.3 Å². The predicted octanol–water partition coefficient (Wildman–Crippen LogP) is 1.92. The standard InChI is InChI=1S/C20H25ClN3O9PS/c1-11(17(27)30-3)23-34(29,33-13-6-4-12(21)5-7-13)31-10-14-16(26)20(2,28)18(32-14)24-9-8-15(25)22-19(24)35/h4-9,11,14,16,18,26,28H,10H2,1-3H3,(H,23,29)(H,22,25,35)/t11-,14+,16-,18+,20?,34?/m0/s1. The van der Waals surface area contributed by atoms with E-state index < -0.39 is 56.0 Å². The molecule has 2 heterocycles. The number of hydrogen-bond acceptors (Lipinski definition) is 10. The largest absolute Gasteiger partial charge is 0.468 e. The highest BCUT2D eigenvalue weighted by molar-refractivity contribution is 7.71. The first-order chi connectivity index (χ1) is 16.4. The van der Waals surface area contributed by atoms with Gasteiger partial charge in [0.2, 0.25) is 0 Å². The number of aliphatic hydroxyl groups is 2. The van der Waals surface area contributed by atoms with Crippen molar-refractivity contribution in [2.24, 2.45) is 0 Å². The van der Waals surface area contributed by atoms with E-state index >= 15 is 0 Å². The number of rotatable bonds is 9. The Morgan fingerprint density at radius 3 is 2.66 bits per heavy atom. The molecule has 192 valence electrons. The summed E-state index contributed by atoms with van der Waals surface area (Å²) in [7, 11) is -3.08. The predicted molar refractivity (Wildman–Crippen MR) is 127 cm³/mol. The minimum atomic E-state index is -4.25. The van der Waals surface area contributed by atoms with Crippen LogP contribution in [-0.2, 0) is 23.4 Å². The summed E-state index contributed by atoms with van der Waals surface area (Å²) in [6.07, 6.45) is -2.59. The molecule has 0 spiro atoms. The van der Waals surface area contributed by atoms with Crippen LogP contribution in [0.25, 0.3) is 0 Å². The van der Waals surface area contributed by atoms with Gasteiger partial charge in [-0.2, -0.15) is 5.09 Å². The van der Waals surface area contributed by atoms with Crippen LogP contribution in [0, 0.1) is 4.77 Å². The van der Waals surface area contributed by atoms with Crippen LogP contribution in [0.5, 0.6) is 5.75 Å². The lowest BCUT2D eigenvalue weighted by atomic mass is 9.96. The molecule has 1 saturated heterocycles. The zero-order chi connectivity index (χ0) is 26.0. The van der Waals surface area contributed by atoms with Crippen molar-refractivity contribution in [3.05, 3.63) is 56.7 Å². The lowest BCUT2D eigenvalue weighted by Gasteiger charge is -2.28. The number of nitrogens with zero attached hydrogens (tertiary/aromatic N) is 1. The molecule has 4 N–H and O–H groups in total. The number of halogens is 1. The maximum absolute atomic E-state index is 13.5. The van der Waals surface area contributed by atoms with E-state index in [4.69, 9.17) is 37.6 Å². The summed E-state index contributed by atoms with van der Waals surface area (Å²) >= 11 is 11.0. The monoisotopic (exact) mass is 549 g/mol. The smallest absolute Gasteiger partial charge is 0.459 e. The van der Waals surface area contributed by atoms with Gasteiger partial charge < -0.3 is 24.2 Å². The number of benzene rings is 1. The molecule has 0 radical (unpaired) electrons. The first kappa shape index (κ1) is 27.5. The summed E-state index contributed by atoms with van der Waals surface area (Å²) < 4.78 is 36.2. The average molecular weight is 550 g/mol. The molecule has 0 bridgehead atoms. The molecule has 0 saturated carbocycles. The van der Waals surface area contributed by atoms with Gasteiger partial charge in [-0.25, -0.2) is 4.57 Å². The second-order valence-corrected chi connectivity index (χ2v) is 10.4. The number of aromatic amines is 1. The molecule has 0 amide bonds. The number of nitrogens with one attached hydrogen (secondary N) is 2. The Kier molecular flexibility index (Phi) is 8.56. The Morgan fingerprint density at radius 1 is 1.40 bits per heavy atom. The molecule has 1 aliphatic rings. The molecule has 1 aromatic carbocycles. The highest BCUT2D eigenvalue weighted by Crippen LogP contribution is 2.47. The molecule has 0 aliphatic carbocycles. The molecule has 3 rings (SSSR count). The van der Waals surface area contributed by atoms with Crippen molar-refractivity contribution in [3.63, 3.8) is 0 Å². The van der Waals surface area contributed by atoms with Gasteiger partial charge in [0.25, 0.3) is 5.56 Å². The van der Waals surface area contributed by atoms with Crippen LogP contribution < -0.4 is 15.2 Å². The fourth-order valence-electron chi connectivity index (χ4n) is 3.35. The third kappa shape index (κ3) is 6.38. The summed E-state index contributed by atoms with van der Waals surface area (Å²) in [6.45, 7) is 2.19. The van der Waals surface area contributed by atoms with Crippen LogP contribution in [0.3, 0.4) is 0 Å². The Labute approximate surface area is 210 Å². The molecule has 2 unspecified atom stereocenters. The summed E-state index contributed by atoms with van der Waals surface area (Å²) in [4.78, 5) is 25.8. The molecule has 2 aromatic rings. The molecular formula is C20H25ClN3O9PS. The minimum Gasteiger partial charge on any atom is -0.468 e. The van der Waals surface area contributed by atoms with Gasteiger partial charge in [0.05, 0.1) is 13.7 Å². The normalized spacial score (nSPS) is 26.6. The highest BCUT2D eigenvalue weighted by Gasteiger charge is 2.53. The number of carbonyl (C=O) groups excluding carboxylic acids is 1. The number of ether oxygens (including phenoxy) is 2. The third-order valence-corrected chi connectivity index (χ3v) is 7.42. The van der Waals surface area contributed by atoms with Gasteiger partial charge in [-0.15, -0.1) is 0 Å². The lowest BCUT2D eigenvalue weighted by molar-refractivity contribution is -0.142. The number of H-pyrrole nitrogens is 1. The van der Waals surface area contributed by atoms with E-state index in [0.717, 1.165) is 0 Å². The number of methoxy groups -OCH3 is 1. The molecule has 12 nitrogen and oxygen atoms in total. The van der Waals surface area contributed by atoms with Crippen LogP contribution in [0.2, 0.25) is 5.02 Å². The lowest BCUT2D eigenvalue weighted by Crippen LogP contribution is -2.45. The summed E-state index contributed by atoms with van der Waals surface area (Å²) in [5.74, 6) is -0.597. The van der Waals surface area contributed by atoms with E-state index in [1.54, 1.807) is 0 Å². The number of carbonyl (C=O) groups is 1. The fourth-order valence-corrected chi connectivity index (χ4v) is 5.24. The quantitative estimate of drug-likeness (QED) is 0.205. The van der Waals surface area contributed by atoms with Gasteiger partial charge in [0.15, 0.2) is 11.0 Å². The van der Waals surface area contributed by atoms with Crippen molar-refractivity contribution in [1.82, 2.24) is 14.6 Å². The van der Waals surface area contributed by atoms with Crippen molar-refractivity contribution in [2.45, 2.75) is 43.9 Å². The van der Waals surface area contributed by atoms with Crippen molar-refractivity contribution in [2.75, 3.05) is 13.7 Å². The average Bonchev–Trinajstić information content (AvgIpc) is 3.02. The third-order valence-electron chi connectivity index (χ3n) is 5.21. The zero-order valence-electron chi connectivity index (χ0n) is 18.9. The van der Waals surface area contributed by atoms with E-state index in [-0.39, 0.29) is 10.5 Å². The second-order valence-electron chi connectivity index (χ2n) is 7.93. The van der Waals surface area contributed by atoms with Gasteiger partial charge in [0, 0.05) is 17.3 Å². The van der Waals surface area contributed by atoms with E-state index in [1.165, 1.54) is 62.1 Å². The summed E-state index contributed by atoms with van der Waals surface area (Å²) in [6, 6.07) is 6.00. The second kappa shape index (κ2) is 10.9. The topological polar surface area (TPSA) is 161 Å². The van der Waals surface area contributed by atoms with Crippen LogP contribution >= 0.6 is 31.6 Å². The van der Waals surface area contributed by atoms with Crippen LogP contribution in [0.1, 0.15) is 20.1 Å². The van der Waals surface area contributed by atoms with Crippen molar-refractivity contribution in [3.8, 4) is 5.75 Å². The molecule has 15 heteroatoms. The fraction of sp³-hybridized carbons (Fsp3) is 0.450. The van der Waals surface area contributed by atoms with E-state index in [9.17, 15) is 24.4 Å². The molecule has 35 heavy (non-hydrogen) atoms. The van der Waals surface area contributed by atoms with Crippen molar-refractivity contribution < 1.29 is 38.1 Å². The Bertz CT molecular complexity index is 1220. The van der Waals surface area contributed by atoms with E-state index in [2.05, 4.69) is 14.8 Å². The Morgan fingerprint density at radius 2 is 2.06 bits per heavy atom. The molecule has 1 aliphatic heterocycles. The summed E-state index contributed by atoms with van der Waals surface area (Å²) in [5.41, 5.74) is -2.31. The minimum absolute atomic E-state index is 0.0399. The number of esters is 1. The maximum Gasteiger partial charge on any atom is 0.459 e. The van der Waals surface area contributed by atoms with Gasteiger partial charge in [-0.3, -0.25) is 23.7 Å². The Hall–Kier alpha value is -2.09. The Balaban J connectivity index is 1.81. The molecule has 1 fully saturated rings. The van der Waals surface area contributed by atoms with Gasteiger partial charge in [0.1, 0.15) is 29.6 Å². The van der Waals surface area contributed by atoms with Crippen molar-refractivity contribution >= 4 is 37.5 Å². The number of aromatic nitrogens is 2. The number of hydrogen-bond donors (Lipinski definition) is 4. The molecular weight excluding hydrogens is 525 g/mol. The highest BCUT2D eigenvalue weighted by atomic mass is 35.5. The first-order valence-corrected chi connectivity index (χ1v) is 12.6. The maximum atomic E-state index is 13.5. The molecule has 6 atom stereocenters. The SMILES string of the molecule is COC(=O)[C@H](C)NP(=O)(OC[C@H]1O[C@@H](n2ccc(=O)[nH]c2=S)C(C)(O)[C@H]1O)Oc1ccc(Cl)cc1. The van der Waals surface area contributed by atoms with Gasteiger partial charge in [-0.05, 0) is 50.3 Å². The van der Waals surface area contributed by atoms with Gasteiger partial charge >= 0.3 is 13.7 Å². The molecule has 1 aromatic heterocycles. The summed E-state index contributed by atoms with van der Waals surface area (Å²) in [5, 5.41) is 24.5. The van der Waals surface area contributed by atoms with Crippen LogP contribution in [0.4, 0.5) is 0 Å².